The minimum atomic E-state index is -0.206. The summed E-state index contributed by atoms with van der Waals surface area (Å²) in [6.45, 7) is 2.52. The maximum absolute atomic E-state index is 6.41. The van der Waals surface area contributed by atoms with Crippen LogP contribution >= 0.6 is 0 Å². The van der Waals surface area contributed by atoms with Gasteiger partial charge in [0.25, 0.3) is 0 Å². The summed E-state index contributed by atoms with van der Waals surface area (Å²) in [4.78, 5) is 15.8. The second kappa shape index (κ2) is 5.60. The summed E-state index contributed by atoms with van der Waals surface area (Å²) in [5.41, 5.74) is 10.1. The zero-order valence-electron chi connectivity index (χ0n) is 12.7. The number of nitrogens with two attached hydrogens (primary N) is 1. The Bertz CT molecular complexity index is 806. The summed E-state index contributed by atoms with van der Waals surface area (Å²) in [7, 11) is 0. The number of nitrogens with zero attached hydrogens (tertiary/aromatic N) is 3. The predicted octanol–water partition coefficient (Wildman–Crippen LogP) is 1.12. The zero-order valence-corrected chi connectivity index (χ0v) is 12.7. The SMILES string of the molecule is N[C@]1(CNc2ccnc3[nH]cc(-c4cncnc4)c23)CCNC1. The van der Waals surface area contributed by atoms with E-state index in [4.69, 9.17) is 5.73 Å². The smallest absolute Gasteiger partial charge is 0.139 e. The highest BCUT2D eigenvalue weighted by Gasteiger charge is 2.29. The molecule has 7 heteroatoms. The van der Waals surface area contributed by atoms with Gasteiger partial charge in [0, 0.05) is 65.6 Å². The molecule has 7 nitrogen and oxygen atoms in total. The normalized spacial score (nSPS) is 20.9. The van der Waals surface area contributed by atoms with E-state index in [9.17, 15) is 0 Å². The van der Waals surface area contributed by atoms with Gasteiger partial charge in [-0.15, -0.1) is 0 Å². The maximum Gasteiger partial charge on any atom is 0.139 e. The molecule has 0 amide bonds. The van der Waals surface area contributed by atoms with Gasteiger partial charge < -0.3 is 21.4 Å². The molecule has 1 fully saturated rings. The van der Waals surface area contributed by atoms with E-state index in [0.717, 1.165) is 53.9 Å². The van der Waals surface area contributed by atoms with E-state index in [2.05, 4.69) is 30.6 Å². The van der Waals surface area contributed by atoms with Crippen LogP contribution in [0.15, 0.2) is 37.2 Å². The average Bonchev–Trinajstić information content (AvgIpc) is 3.21. The van der Waals surface area contributed by atoms with Crippen molar-refractivity contribution in [2.45, 2.75) is 12.0 Å². The van der Waals surface area contributed by atoms with E-state index in [0.29, 0.717) is 0 Å². The molecular weight excluding hydrogens is 290 g/mol. The van der Waals surface area contributed by atoms with Crippen LogP contribution in [-0.2, 0) is 0 Å². The predicted molar refractivity (Wildman–Crippen MR) is 90.0 cm³/mol. The molecule has 1 aliphatic rings. The van der Waals surface area contributed by atoms with Gasteiger partial charge >= 0.3 is 0 Å². The summed E-state index contributed by atoms with van der Waals surface area (Å²) in [5, 5.41) is 7.86. The summed E-state index contributed by atoms with van der Waals surface area (Å²) in [5.74, 6) is 0. The highest BCUT2D eigenvalue weighted by Crippen LogP contribution is 2.32. The molecule has 0 unspecified atom stereocenters. The summed E-state index contributed by atoms with van der Waals surface area (Å²) in [6.07, 6.45) is 9.84. The average molecular weight is 309 g/mol. The van der Waals surface area contributed by atoms with E-state index in [1.807, 2.05) is 12.3 Å². The molecule has 4 rings (SSSR count). The number of H-pyrrole nitrogens is 1. The Morgan fingerprint density at radius 1 is 1.30 bits per heavy atom. The highest BCUT2D eigenvalue weighted by molar-refractivity contribution is 6.02. The van der Waals surface area contributed by atoms with Gasteiger partial charge in [-0.05, 0) is 19.0 Å². The first-order valence-electron chi connectivity index (χ1n) is 7.70. The molecule has 118 valence electrons. The monoisotopic (exact) mass is 309 g/mol. The fourth-order valence-electron chi connectivity index (χ4n) is 3.05. The quantitative estimate of drug-likeness (QED) is 0.576. The lowest BCUT2D eigenvalue weighted by Gasteiger charge is -2.24. The van der Waals surface area contributed by atoms with E-state index in [-0.39, 0.29) is 5.54 Å². The molecule has 0 saturated carbocycles. The number of aromatic nitrogens is 4. The van der Waals surface area contributed by atoms with Crippen LogP contribution < -0.4 is 16.4 Å². The van der Waals surface area contributed by atoms with Gasteiger partial charge in [0.1, 0.15) is 12.0 Å². The van der Waals surface area contributed by atoms with Crippen molar-refractivity contribution in [1.82, 2.24) is 25.3 Å². The summed E-state index contributed by atoms with van der Waals surface area (Å²) >= 11 is 0. The van der Waals surface area contributed by atoms with E-state index in [1.165, 1.54) is 6.33 Å². The Kier molecular flexibility index (Phi) is 3.44. The van der Waals surface area contributed by atoms with Gasteiger partial charge in [0.05, 0.1) is 0 Å². The molecule has 0 aliphatic carbocycles. The number of hydrogen-bond donors (Lipinski definition) is 4. The molecule has 1 atom stereocenters. The van der Waals surface area contributed by atoms with Gasteiger partial charge in [-0.1, -0.05) is 0 Å². The van der Waals surface area contributed by atoms with Crippen molar-refractivity contribution < 1.29 is 0 Å². The lowest BCUT2D eigenvalue weighted by molar-refractivity contribution is 0.494. The van der Waals surface area contributed by atoms with Gasteiger partial charge in [0.2, 0.25) is 0 Å². The van der Waals surface area contributed by atoms with Gasteiger partial charge in [0.15, 0.2) is 0 Å². The topological polar surface area (TPSA) is 105 Å². The van der Waals surface area contributed by atoms with Crippen molar-refractivity contribution in [1.29, 1.82) is 0 Å². The summed E-state index contributed by atoms with van der Waals surface area (Å²) in [6, 6.07) is 1.98. The first-order valence-corrected chi connectivity index (χ1v) is 7.70. The third-order valence-corrected chi connectivity index (χ3v) is 4.35. The fraction of sp³-hybridized carbons (Fsp3) is 0.312. The van der Waals surface area contributed by atoms with Crippen molar-refractivity contribution in [3.63, 3.8) is 0 Å². The third kappa shape index (κ3) is 2.64. The molecule has 4 heterocycles. The van der Waals surface area contributed by atoms with E-state index < -0.39 is 0 Å². The van der Waals surface area contributed by atoms with Crippen molar-refractivity contribution in [2.75, 3.05) is 25.0 Å². The first-order chi connectivity index (χ1) is 11.3. The third-order valence-electron chi connectivity index (χ3n) is 4.35. The number of anilines is 1. The number of pyridine rings is 1. The van der Waals surface area contributed by atoms with Crippen LogP contribution in [0.1, 0.15) is 6.42 Å². The number of hydrogen-bond acceptors (Lipinski definition) is 6. The fourth-order valence-corrected chi connectivity index (χ4v) is 3.05. The van der Waals surface area contributed by atoms with Crippen LogP contribution in [0, 0.1) is 0 Å². The van der Waals surface area contributed by atoms with Crippen LogP contribution in [0.25, 0.3) is 22.2 Å². The lowest BCUT2D eigenvalue weighted by Crippen LogP contribution is -2.48. The Labute approximate surface area is 133 Å². The molecule has 0 aromatic carbocycles. The molecule has 23 heavy (non-hydrogen) atoms. The minimum Gasteiger partial charge on any atom is -0.382 e. The zero-order chi connectivity index (χ0) is 15.7. The maximum atomic E-state index is 6.41. The van der Waals surface area contributed by atoms with Gasteiger partial charge in [-0.25, -0.2) is 15.0 Å². The Hall–Kier alpha value is -2.51. The molecule has 3 aromatic rings. The van der Waals surface area contributed by atoms with E-state index in [1.54, 1.807) is 18.6 Å². The number of aromatic amines is 1. The van der Waals surface area contributed by atoms with Crippen molar-refractivity contribution in [3.8, 4) is 11.1 Å². The van der Waals surface area contributed by atoms with Gasteiger partial charge in [-0.3, -0.25) is 0 Å². The Morgan fingerprint density at radius 2 is 2.17 bits per heavy atom. The first kappa shape index (κ1) is 14.1. The summed E-state index contributed by atoms with van der Waals surface area (Å²) < 4.78 is 0. The number of fused-ring (bicyclic) bond motifs is 1. The molecular formula is C16H19N7. The Morgan fingerprint density at radius 3 is 2.96 bits per heavy atom. The molecule has 1 saturated heterocycles. The van der Waals surface area contributed by atoms with Crippen molar-refractivity contribution >= 4 is 16.7 Å². The molecule has 5 N–H and O–H groups in total. The standard InChI is InChI=1S/C16H19N7/c17-16(2-4-18-8-16)9-23-13-1-3-21-15-14(13)12(7-22-15)11-5-19-10-20-6-11/h1,3,5-7,10,18H,2,4,8-9,17H2,(H2,21,22,23)/t16-/m1/s1. The van der Waals surface area contributed by atoms with Crippen molar-refractivity contribution in [2.24, 2.45) is 5.73 Å². The van der Waals surface area contributed by atoms with Crippen LogP contribution in [0.3, 0.4) is 0 Å². The molecule has 0 bridgehead atoms. The van der Waals surface area contributed by atoms with Gasteiger partial charge in [-0.2, -0.15) is 0 Å². The Balaban J connectivity index is 1.70. The van der Waals surface area contributed by atoms with E-state index >= 15 is 0 Å². The van der Waals surface area contributed by atoms with Crippen LogP contribution in [0.5, 0.6) is 0 Å². The lowest BCUT2D eigenvalue weighted by atomic mass is 10.00. The largest absolute Gasteiger partial charge is 0.382 e. The van der Waals surface area contributed by atoms with Crippen LogP contribution in [-0.4, -0.2) is 45.1 Å². The van der Waals surface area contributed by atoms with Crippen LogP contribution in [0.2, 0.25) is 0 Å². The molecule has 0 spiro atoms. The number of nitrogens with one attached hydrogen (secondary N) is 3. The van der Waals surface area contributed by atoms with Crippen molar-refractivity contribution in [3.05, 3.63) is 37.2 Å². The van der Waals surface area contributed by atoms with Crippen LogP contribution in [0.4, 0.5) is 5.69 Å². The number of rotatable bonds is 4. The minimum absolute atomic E-state index is 0.206. The molecule has 3 aromatic heterocycles. The second-order valence-corrected chi connectivity index (χ2v) is 6.05. The molecule has 0 radical (unpaired) electrons. The molecule has 1 aliphatic heterocycles. The highest BCUT2D eigenvalue weighted by atomic mass is 15.0. The second-order valence-electron chi connectivity index (χ2n) is 6.05.